The molecular formula is C26H40N4O4. The highest BCUT2D eigenvalue weighted by atomic mass is 16.5. The summed E-state index contributed by atoms with van der Waals surface area (Å²) in [5, 5.41) is 17.9. The summed E-state index contributed by atoms with van der Waals surface area (Å²) in [5.41, 5.74) is 2.15. The second-order valence-electron chi connectivity index (χ2n) is 8.96. The van der Waals surface area contributed by atoms with Crippen molar-refractivity contribution in [1.82, 2.24) is 20.8 Å². The first kappa shape index (κ1) is 27.3. The van der Waals surface area contributed by atoms with E-state index in [1.54, 1.807) is 0 Å². The van der Waals surface area contributed by atoms with Crippen LogP contribution in [0.15, 0.2) is 28.8 Å². The van der Waals surface area contributed by atoms with Gasteiger partial charge in [0.1, 0.15) is 6.04 Å². The summed E-state index contributed by atoms with van der Waals surface area (Å²) in [6.45, 7) is 6.01. The molecule has 0 saturated carbocycles. The summed E-state index contributed by atoms with van der Waals surface area (Å²) >= 11 is 0. The summed E-state index contributed by atoms with van der Waals surface area (Å²) in [7, 11) is 0. The molecule has 8 heteroatoms. The van der Waals surface area contributed by atoms with Crippen LogP contribution in [0.5, 0.6) is 0 Å². The number of hydrogen-bond donors (Lipinski definition) is 3. The monoisotopic (exact) mass is 472 g/mol. The zero-order valence-corrected chi connectivity index (χ0v) is 20.8. The summed E-state index contributed by atoms with van der Waals surface area (Å²) in [4.78, 5) is 27.8. The van der Waals surface area contributed by atoms with Gasteiger partial charge in [0.25, 0.3) is 0 Å². The first-order valence-electron chi connectivity index (χ1n) is 12.6. The number of nitrogens with one attached hydrogen (secondary N) is 2. The van der Waals surface area contributed by atoms with E-state index in [0.717, 1.165) is 12.0 Å². The third-order valence-electron chi connectivity index (χ3n) is 6.19. The summed E-state index contributed by atoms with van der Waals surface area (Å²) in [6.07, 6.45) is 11.0. The normalized spacial score (nSPS) is 12.8. The highest BCUT2D eigenvalue weighted by molar-refractivity contribution is 5.85. The minimum atomic E-state index is -1.23. The zero-order valence-electron chi connectivity index (χ0n) is 20.8. The van der Waals surface area contributed by atoms with E-state index in [4.69, 9.17) is 9.63 Å². The van der Waals surface area contributed by atoms with Gasteiger partial charge in [-0.05, 0) is 24.3 Å². The number of carboxylic acid groups (broad SMARTS) is 1. The molecule has 1 aromatic heterocycles. The number of benzene rings is 1. The van der Waals surface area contributed by atoms with Crippen molar-refractivity contribution in [2.45, 2.75) is 97.6 Å². The maximum Gasteiger partial charge on any atom is 0.405 e. The third-order valence-corrected chi connectivity index (χ3v) is 6.19. The number of carbonyl (C=O) groups excluding carboxylic acids is 1. The van der Waals surface area contributed by atoms with Gasteiger partial charge in [-0.15, -0.1) is 0 Å². The topological polar surface area (TPSA) is 117 Å². The molecule has 0 aliphatic rings. The first-order chi connectivity index (χ1) is 16.4. The number of amides is 2. The minimum absolute atomic E-state index is 0.0383. The van der Waals surface area contributed by atoms with Crippen molar-refractivity contribution >= 4 is 12.0 Å². The smallest absolute Gasteiger partial charge is 0.405 e. The lowest BCUT2D eigenvalue weighted by Gasteiger charge is -2.21. The Hall–Kier alpha value is -2.90. The van der Waals surface area contributed by atoms with Gasteiger partial charge in [-0.25, -0.2) is 4.79 Å². The van der Waals surface area contributed by atoms with Gasteiger partial charge >= 0.3 is 6.09 Å². The van der Waals surface area contributed by atoms with Crippen LogP contribution < -0.4 is 10.6 Å². The van der Waals surface area contributed by atoms with Crippen LogP contribution in [0, 0.1) is 5.92 Å². The average molecular weight is 473 g/mol. The van der Waals surface area contributed by atoms with Crippen LogP contribution in [0.4, 0.5) is 4.79 Å². The van der Waals surface area contributed by atoms with E-state index in [1.807, 2.05) is 26.0 Å². The number of hydrogen-bond acceptors (Lipinski definition) is 5. The van der Waals surface area contributed by atoms with Gasteiger partial charge in [-0.1, -0.05) is 102 Å². The highest BCUT2D eigenvalue weighted by Crippen LogP contribution is 2.18. The Kier molecular flexibility index (Phi) is 12.1. The molecule has 2 aromatic rings. The van der Waals surface area contributed by atoms with Gasteiger partial charge in [-0.3, -0.25) is 4.79 Å². The van der Waals surface area contributed by atoms with Crippen molar-refractivity contribution < 1.29 is 19.2 Å². The molecule has 0 radical (unpaired) electrons. The van der Waals surface area contributed by atoms with Gasteiger partial charge < -0.3 is 20.3 Å². The van der Waals surface area contributed by atoms with Crippen LogP contribution >= 0.6 is 0 Å². The van der Waals surface area contributed by atoms with Crippen molar-refractivity contribution in [2.75, 3.05) is 0 Å². The number of unbranched alkanes of at least 4 members (excludes halogenated alkanes) is 7. The molecule has 0 spiro atoms. The molecular weight excluding hydrogens is 432 g/mol. The lowest BCUT2D eigenvalue weighted by Crippen LogP contribution is -2.49. The van der Waals surface area contributed by atoms with Crippen molar-refractivity contribution in [1.29, 1.82) is 0 Å². The predicted octanol–water partition coefficient (Wildman–Crippen LogP) is 5.72. The fraction of sp³-hybridized carbons (Fsp3) is 0.615. The van der Waals surface area contributed by atoms with Crippen molar-refractivity contribution in [2.24, 2.45) is 5.92 Å². The van der Waals surface area contributed by atoms with Crippen molar-refractivity contribution in [3.63, 3.8) is 0 Å². The number of aromatic nitrogens is 2. The van der Waals surface area contributed by atoms with Crippen molar-refractivity contribution in [3.8, 4) is 11.4 Å². The standard InChI is InChI=1S/C26H40N4O4/c1-4-6-7-8-9-10-11-12-13-20-14-16-21(17-15-20)24-28-22(34-30-24)18-27-25(31)23(19(3)5-2)29-26(32)33/h14-17,19,23,29H,4-13,18H2,1-3H3,(H,27,31)(H,32,33)/t19-,23-/m0/s1. The Morgan fingerprint density at radius 2 is 1.65 bits per heavy atom. The van der Waals surface area contributed by atoms with Crippen molar-refractivity contribution in [3.05, 3.63) is 35.7 Å². The molecule has 1 aromatic carbocycles. The molecule has 2 rings (SSSR count). The Morgan fingerprint density at radius 1 is 1.00 bits per heavy atom. The van der Waals surface area contributed by atoms with E-state index in [9.17, 15) is 9.59 Å². The molecule has 3 N–H and O–H groups in total. The van der Waals surface area contributed by atoms with Gasteiger partial charge in [-0.2, -0.15) is 4.98 Å². The number of nitrogens with zero attached hydrogens (tertiary/aromatic N) is 2. The average Bonchev–Trinajstić information content (AvgIpc) is 3.31. The molecule has 188 valence electrons. The molecule has 0 fully saturated rings. The van der Waals surface area contributed by atoms with Crippen LogP contribution in [0.2, 0.25) is 0 Å². The van der Waals surface area contributed by atoms with Gasteiger partial charge in [0.05, 0.1) is 6.54 Å². The SMILES string of the molecule is CCCCCCCCCCc1ccc(-c2noc(CNC(=O)[C@@H](NC(=O)O)[C@@H](C)CC)n2)cc1. The fourth-order valence-corrected chi connectivity index (χ4v) is 3.84. The molecule has 34 heavy (non-hydrogen) atoms. The van der Waals surface area contributed by atoms with E-state index in [-0.39, 0.29) is 18.4 Å². The molecule has 2 amide bonds. The van der Waals surface area contributed by atoms with E-state index in [2.05, 4.69) is 39.8 Å². The molecule has 0 unspecified atom stereocenters. The van der Waals surface area contributed by atoms with E-state index in [1.165, 1.54) is 56.9 Å². The molecule has 2 atom stereocenters. The van der Waals surface area contributed by atoms with Gasteiger partial charge in [0, 0.05) is 5.56 Å². The number of aryl methyl sites for hydroxylation is 1. The Bertz CT molecular complexity index is 866. The maximum atomic E-state index is 12.4. The maximum absolute atomic E-state index is 12.4. The third kappa shape index (κ3) is 9.53. The first-order valence-corrected chi connectivity index (χ1v) is 12.6. The van der Waals surface area contributed by atoms with E-state index < -0.39 is 18.0 Å². The summed E-state index contributed by atoms with van der Waals surface area (Å²) in [6, 6.07) is 7.34. The van der Waals surface area contributed by atoms with Crippen LogP contribution in [-0.2, 0) is 17.8 Å². The second-order valence-corrected chi connectivity index (χ2v) is 8.96. The largest absolute Gasteiger partial charge is 0.465 e. The van der Waals surface area contributed by atoms with Crippen LogP contribution in [0.1, 0.15) is 90.0 Å². The van der Waals surface area contributed by atoms with Crippen LogP contribution in [-0.4, -0.2) is 33.3 Å². The Morgan fingerprint density at radius 3 is 2.26 bits per heavy atom. The molecule has 0 bridgehead atoms. The summed E-state index contributed by atoms with van der Waals surface area (Å²) in [5.74, 6) is 0.176. The predicted molar refractivity (Wildman–Crippen MR) is 132 cm³/mol. The lowest BCUT2D eigenvalue weighted by atomic mass is 9.98. The molecule has 0 aliphatic carbocycles. The molecule has 0 aliphatic heterocycles. The minimum Gasteiger partial charge on any atom is -0.465 e. The van der Waals surface area contributed by atoms with Crippen LogP contribution in [0.25, 0.3) is 11.4 Å². The molecule has 8 nitrogen and oxygen atoms in total. The van der Waals surface area contributed by atoms with Gasteiger partial charge in [0.2, 0.25) is 17.6 Å². The van der Waals surface area contributed by atoms with Gasteiger partial charge in [0.15, 0.2) is 0 Å². The second kappa shape index (κ2) is 15.1. The molecule has 1 heterocycles. The van der Waals surface area contributed by atoms with Crippen LogP contribution in [0.3, 0.4) is 0 Å². The lowest BCUT2D eigenvalue weighted by molar-refractivity contribution is -0.124. The fourth-order valence-electron chi connectivity index (χ4n) is 3.84. The highest BCUT2D eigenvalue weighted by Gasteiger charge is 2.26. The summed E-state index contributed by atoms with van der Waals surface area (Å²) < 4.78 is 5.26. The number of rotatable bonds is 16. The quantitative estimate of drug-likeness (QED) is 0.269. The Balaban J connectivity index is 1.78. The van der Waals surface area contributed by atoms with E-state index in [0.29, 0.717) is 12.2 Å². The molecule has 0 saturated heterocycles. The zero-order chi connectivity index (χ0) is 24.8. The number of carbonyl (C=O) groups is 2. The van der Waals surface area contributed by atoms with E-state index >= 15 is 0 Å². The Labute approximate surface area is 202 Å².